The molecular formula is C21H29N5O5S. The maximum Gasteiger partial charge on any atom is 0.243 e. The second kappa shape index (κ2) is 11.3. The van der Waals surface area contributed by atoms with Crippen molar-refractivity contribution in [1.29, 1.82) is 5.41 Å². The van der Waals surface area contributed by atoms with Crippen molar-refractivity contribution in [1.82, 2.24) is 15.4 Å². The van der Waals surface area contributed by atoms with Crippen molar-refractivity contribution in [3.63, 3.8) is 0 Å². The Morgan fingerprint density at radius 3 is 2.41 bits per heavy atom. The number of anilines is 1. The predicted octanol–water partition coefficient (Wildman–Crippen LogP) is 1.22. The number of ether oxygens (including phenoxy) is 2. The molecule has 174 valence electrons. The van der Waals surface area contributed by atoms with Crippen LogP contribution in [0, 0.1) is 12.3 Å². The lowest BCUT2D eigenvalue weighted by molar-refractivity contribution is -0.115. The molecule has 0 saturated heterocycles. The molecule has 0 heterocycles. The van der Waals surface area contributed by atoms with E-state index in [1.165, 1.54) is 19.2 Å². The van der Waals surface area contributed by atoms with Crippen molar-refractivity contribution < 1.29 is 22.7 Å². The number of hydrogen-bond donors (Lipinski definition) is 5. The summed E-state index contributed by atoms with van der Waals surface area (Å²) in [4.78, 5) is 12.3. The number of guanidine groups is 1. The molecule has 2 rings (SSSR count). The van der Waals surface area contributed by atoms with Gasteiger partial charge in [-0.05, 0) is 55.8 Å². The van der Waals surface area contributed by atoms with Crippen molar-refractivity contribution in [3.05, 3.63) is 47.5 Å². The summed E-state index contributed by atoms with van der Waals surface area (Å²) < 4.78 is 36.6. The maximum absolute atomic E-state index is 12.2. The van der Waals surface area contributed by atoms with Crippen LogP contribution in [0.15, 0.2) is 41.3 Å². The Kier molecular flexibility index (Phi) is 8.85. The Morgan fingerprint density at radius 2 is 1.75 bits per heavy atom. The molecule has 0 atom stereocenters. The molecule has 5 N–H and O–H groups in total. The Morgan fingerprint density at radius 1 is 1.03 bits per heavy atom. The summed E-state index contributed by atoms with van der Waals surface area (Å²) in [5, 5.41) is 16.2. The Balaban J connectivity index is 1.82. The number of aryl methyl sites for hydroxylation is 1. The molecule has 32 heavy (non-hydrogen) atoms. The molecule has 0 unspecified atom stereocenters. The fourth-order valence-electron chi connectivity index (χ4n) is 2.81. The minimum absolute atomic E-state index is 0.00357. The van der Waals surface area contributed by atoms with Crippen LogP contribution in [0.1, 0.15) is 11.1 Å². The van der Waals surface area contributed by atoms with E-state index in [0.29, 0.717) is 30.2 Å². The molecule has 0 radical (unpaired) electrons. The minimum Gasteiger partial charge on any atom is -0.493 e. The highest BCUT2D eigenvalue weighted by molar-refractivity contribution is 7.89. The van der Waals surface area contributed by atoms with Crippen LogP contribution < -0.4 is 30.1 Å². The Bertz CT molecular complexity index is 1070. The Labute approximate surface area is 188 Å². The summed E-state index contributed by atoms with van der Waals surface area (Å²) in [7, 11) is 0.849. The van der Waals surface area contributed by atoms with Crippen LogP contribution in [-0.4, -0.2) is 54.6 Å². The van der Waals surface area contributed by atoms with E-state index in [0.717, 1.165) is 11.1 Å². The molecule has 0 aliphatic heterocycles. The second-order valence-corrected chi connectivity index (χ2v) is 8.71. The molecule has 0 bridgehead atoms. The van der Waals surface area contributed by atoms with Crippen LogP contribution in [0.2, 0.25) is 0 Å². The molecule has 0 fully saturated rings. The number of carbonyl (C=O) groups is 1. The second-order valence-electron chi connectivity index (χ2n) is 6.83. The summed E-state index contributed by atoms with van der Waals surface area (Å²) in [5.41, 5.74) is 2.12. The zero-order valence-electron chi connectivity index (χ0n) is 18.5. The standard InChI is InChI=1S/C21H29N5O5S/c1-14-5-7-16(32(28,29)23-2)12-17(14)26-20(27)13-25-21(22)24-10-9-15-6-8-18(30-3)19(11-15)31-4/h5-8,11-12,23H,9-10,13H2,1-4H3,(H,26,27)(H3,22,24,25). The van der Waals surface area contributed by atoms with Gasteiger partial charge in [0.05, 0.1) is 25.7 Å². The number of methoxy groups -OCH3 is 2. The Hall–Kier alpha value is -3.31. The van der Waals surface area contributed by atoms with E-state index < -0.39 is 15.9 Å². The van der Waals surface area contributed by atoms with E-state index in [-0.39, 0.29) is 17.4 Å². The van der Waals surface area contributed by atoms with Crippen molar-refractivity contribution >= 4 is 27.6 Å². The van der Waals surface area contributed by atoms with Gasteiger partial charge < -0.3 is 25.4 Å². The van der Waals surface area contributed by atoms with Gasteiger partial charge in [-0.1, -0.05) is 12.1 Å². The summed E-state index contributed by atoms with van der Waals surface area (Å²) in [6, 6.07) is 10.1. The number of carbonyl (C=O) groups excluding carboxylic acids is 1. The van der Waals surface area contributed by atoms with Gasteiger partial charge in [0.2, 0.25) is 15.9 Å². The highest BCUT2D eigenvalue weighted by Crippen LogP contribution is 2.27. The zero-order chi connectivity index (χ0) is 23.7. The largest absolute Gasteiger partial charge is 0.493 e. The van der Waals surface area contributed by atoms with Gasteiger partial charge in [0.1, 0.15) is 0 Å². The first-order valence-electron chi connectivity index (χ1n) is 9.81. The van der Waals surface area contributed by atoms with E-state index in [4.69, 9.17) is 14.9 Å². The molecule has 0 aliphatic rings. The fourth-order valence-corrected chi connectivity index (χ4v) is 3.57. The average molecular weight is 464 g/mol. The maximum atomic E-state index is 12.2. The van der Waals surface area contributed by atoms with Crippen LogP contribution in [0.3, 0.4) is 0 Å². The van der Waals surface area contributed by atoms with Gasteiger partial charge in [0, 0.05) is 12.2 Å². The molecule has 0 spiro atoms. The number of sulfonamides is 1. The molecule has 2 aromatic carbocycles. The van der Waals surface area contributed by atoms with E-state index in [1.807, 2.05) is 18.2 Å². The van der Waals surface area contributed by atoms with E-state index in [9.17, 15) is 13.2 Å². The van der Waals surface area contributed by atoms with Crippen LogP contribution in [0.4, 0.5) is 5.69 Å². The third-order valence-corrected chi connectivity index (χ3v) is 6.06. The SMILES string of the molecule is CNS(=O)(=O)c1ccc(C)c(NC(=O)CNC(=N)NCCc2ccc(OC)c(OC)c2)c1. The third kappa shape index (κ3) is 6.86. The van der Waals surface area contributed by atoms with Gasteiger partial charge in [-0.15, -0.1) is 0 Å². The molecule has 10 nitrogen and oxygen atoms in total. The summed E-state index contributed by atoms with van der Waals surface area (Å²) >= 11 is 0. The highest BCUT2D eigenvalue weighted by Gasteiger charge is 2.14. The number of benzene rings is 2. The summed E-state index contributed by atoms with van der Waals surface area (Å²) in [6.07, 6.45) is 0.641. The molecule has 0 aliphatic carbocycles. The van der Waals surface area contributed by atoms with Crippen LogP contribution in [-0.2, 0) is 21.2 Å². The molecule has 0 saturated carbocycles. The molecule has 1 amide bonds. The van der Waals surface area contributed by atoms with Gasteiger partial charge in [0.15, 0.2) is 17.5 Å². The third-order valence-electron chi connectivity index (χ3n) is 4.65. The van der Waals surface area contributed by atoms with Crippen molar-refractivity contribution in [3.8, 4) is 11.5 Å². The lowest BCUT2D eigenvalue weighted by Gasteiger charge is -2.13. The quantitative estimate of drug-likeness (QED) is 0.263. The molecule has 11 heteroatoms. The van der Waals surface area contributed by atoms with Crippen molar-refractivity contribution in [2.45, 2.75) is 18.2 Å². The van der Waals surface area contributed by atoms with Crippen LogP contribution in [0.25, 0.3) is 0 Å². The van der Waals surface area contributed by atoms with Gasteiger partial charge >= 0.3 is 0 Å². The van der Waals surface area contributed by atoms with Gasteiger partial charge in [-0.3, -0.25) is 10.2 Å². The first kappa shape index (κ1) is 25.0. The van der Waals surface area contributed by atoms with E-state index in [1.54, 1.807) is 27.2 Å². The predicted molar refractivity (Wildman–Crippen MR) is 123 cm³/mol. The number of amides is 1. The van der Waals surface area contributed by atoms with Gasteiger partial charge in [0.25, 0.3) is 0 Å². The number of rotatable bonds is 10. The smallest absolute Gasteiger partial charge is 0.243 e. The first-order valence-corrected chi connectivity index (χ1v) is 11.3. The lowest BCUT2D eigenvalue weighted by atomic mass is 10.1. The van der Waals surface area contributed by atoms with Crippen LogP contribution >= 0.6 is 0 Å². The molecule has 0 aromatic heterocycles. The van der Waals surface area contributed by atoms with Gasteiger partial charge in [-0.25, -0.2) is 13.1 Å². The monoisotopic (exact) mass is 463 g/mol. The van der Waals surface area contributed by atoms with E-state index >= 15 is 0 Å². The number of nitrogens with one attached hydrogen (secondary N) is 5. The van der Waals surface area contributed by atoms with Crippen molar-refractivity contribution in [2.24, 2.45) is 0 Å². The lowest BCUT2D eigenvalue weighted by Crippen LogP contribution is -2.41. The number of hydrogen-bond acceptors (Lipinski definition) is 6. The van der Waals surface area contributed by atoms with Gasteiger partial charge in [-0.2, -0.15) is 0 Å². The van der Waals surface area contributed by atoms with Crippen LogP contribution in [0.5, 0.6) is 11.5 Å². The average Bonchev–Trinajstić information content (AvgIpc) is 2.78. The molecule has 2 aromatic rings. The van der Waals surface area contributed by atoms with Crippen molar-refractivity contribution in [2.75, 3.05) is 39.7 Å². The fraction of sp³-hybridized carbons (Fsp3) is 0.333. The minimum atomic E-state index is -3.62. The molecular weight excluding hydrogens is 434 g/mol. The highest BCUT2D eigenvalue weighted by atomic mass is 32.2. The summed E-state index contributed by atoms with van der Waals surface area (Å²) in [6.45, 7) is 2.09. The first-order chi connectivity index (χ1) is 15.2. The van der Waals surface area contributed by atoms with E-state index in [2.05, 4.69) is 20.7 Å². The topological polar surface area (TPSA) is 142 Å². The summed E-state index contributed by atoms with van der Waals surface area (Å²) in [5.74, 6) is 0.883. The normalized spacial score (nSPS) is 10.9. The zero-order valence-corrected chi connectivity index (χ0v) is 19.4.